The van der Waals surface area contributed by atoms with Crippen LogP contribution in [0.25, 0.3) is 0 Å². The summed E-state index contributed by atoms with van der Waals surface area (Å²) < 4.78 is 1.73. The van der Waals surface area contributed by atoms with Gasteiger partial charge in [0.25, 0.3) is 5.91 Å². The van der Waals surface area contributed by atoms with E-state index < -0.39 is 0 Å². The molecule has 0 aliphatic heterocycles. The fourth-order valence-electron chi connectivity index (χ4n) is 2.28. The molecule has 0 radical (unpaired) electrons. The van der Waals surface area contributed by atoms with Gasteiger partial charge in [0.15, 0.2) is 0 Å². The summed E-state index contributed by atoms with van der Waals surface area (Å²) >= 11 is 0. The molecule has 112 valence electrons. The van der Waals surface area contributed by atoms with Crippen LogP contribution in [0.2, 0.25) is 0 Å². The number of benzene rings is 1. The molecule has 0 aliphatic rings. The lowest BCUT2D eigenvalue weighted by molar-refractivity contribution is 0.0949. The minimum atomic E-state index is -0.0743. The van der Waals surface area contributed by atoms with Gasteiger partial charge in [0, 0.05) is 39.1 Å². The van der Waals surface area contributed by atoms with Crippen LogP contribution in [0.15, 0.2) is 24.3 Å². The minimum absolute atomic E-state index is 0.0743. The number of carbonyl (C=O) groups excluding carboxylic acids is 1. The van der Waals surface area contributed by atoms with Crippen molar-refractivity contribution in [1.29, 1.82) is 0 Å². The van der Waals surface area contributed by atoms with Gasteiger partial charge in [-0.3, -0.25) is 9.48 Å². The van der Waals surface area contributed by atoms with Gasteiger partial charge in [0.2, 0.25) is 0 Å². The highest BCUT2D eigenvalue weighted by Crippen LogP contribution is 2.14. The maximum absolute atomic E-state index is 12.3. The smallest absolute Gasteiger partial charge is 0.255 e. The third kappa shape index (κ3) is 3.24. The Balaban J connectivity index is 2.04. The van der Waals surface area contributed by atoms with E-state index in [1.165, 1.54) is 0 Å². The SMILES string of the molecule is Cc1nn(C)c(C)c1C(=O)NCc1ccc(N(C)C)cc1. The van der Waals surface area contributed by atoms with E-state index in [0.29, 0.717) is 12.1 Å². The molecule has 0 saturated carbocycles. The van der Waals surface area contributed by atoms with Gasteiger partial charge in [-0.15, -0.1) is 0 Å². The summed E-state index contributed by atoms with van der Waals surface area (Å²) in [5, 5.41) is 7.22. The number of hydrogen-bond acceptors (Lipinski definition) is 3. The molecule has 2 aromatic rings. The first kappa shape index (κ1) is 15.1. The van der Waals surface area contributed by atoms with Crippen LogP contribution in [0.5, 0.6) is 0 Å². The molecule has 1 amide bonds. The first-order valence-corrected chi connectivity index (χ1v) is 6.95. The zero-order chi connectivity index (χ0) is 15.6. The molecule has 0 atom stereocenters. The van der Waals surface area contributed by atoms with E-state index in [0.717, 1.165) is 22.6 Å². The van der Waals surface area contributed by atoms with Gasteiger partial charge < -0.3 is 10.2 Å². The summed E-state index contributed by atoms with van der Waals surface area (Å²) in [7, 11) is 5.86. The standard InChI is InChI=1S/C16H22N4O/c1-11-15(12(2)20(5)18-11)16(21)17-10-13-6-8-14(9-7-13)19(3)4/h6-9H,10H2,1-5H3,(H,17,21). The molecule has 1 aromatic carbocycles. The predicted molar refractivity (Wildman–Crippen MR) is 84.6 cm³/mol. The average Bonchev–Trinajstić information content (AvgIpc) is 2.70. The lowest BCUT2D eigenvalue weighted by Gasteiger charge is -2.13. The topological polar surface area (TPSA) is 50.2 Å². The van der Waals surface area contributed by atoms with Gasteiger partial charge in [-0.05, 0) is 31.5 Å². The Morgan fingerprint density at radius 3 is 2.33 bits per heavy atom. The fourth-order valence-corrected chi connectivity index (χ4v) is 2.28. The summed E-state index contributed by atoms with van der Waals surface area (Å²) in [6.07, 6.45) is 0. The molecule has 0 fully saturated rings. The molecule has 0 aliphatic carbocycles. The van der Waals surface area contributed by atoms with Gasteiger partial charge in [-0.1, -0.05) is 12.1 Å². The Labute approximate surface area is 125 Å². The second-order valence-electron chi connectivity index (χ2n) is 5.41. The van der Waals surface area contributed by atoms with E-state index in [1.807, 2.05) is 64.2 Å². The van der Waals surface area contributed by atoms with Crippen molar-refractivity contribution in [2.45, 2.75) is 20.4 Å². The van der Waals surface area contributed by atoms with Gasteiger partial charge in [0.05, 0.1) is 11.3 Å². The molecular weight excluding hydrogens is 264 g/mol. The maximum Gasteiger partial charge on any atom is 0.255 e. The van der Waals surface area contributed by atoms with Crippen molar-refractivity contribution in [3.63, 3.8) is 0 Å². The average molecular weight is 286 g/mol. The number of rotatable bonds is 4. The van der Waals surface area contributed by atoms with Crippen LogP contribution in [-0.2, 0) is 13.6 Å². The quantitative estimate of drug-likeness (QED) is 0.935. The number of aromatic nitrogens is 2. The zero-order valence-corrected chi connectivity index (χ0v) is 13.3. The van der Waals surface area contributed by atoms with Crippen molar-refractivity contribution in [2.24, 2.45) is 7.05 Å². The molecule has 0 saturated heterocycles. The lowest BCUT2D eigenvalue weighted by atomic mass is 10.1. The van der Waals surface area contributed by atoms with Crippen molar-refractivity contribution in [3.8, 4) is 0 Å². The number of hydrogen-bond donors (Lipinski definition) is 1. The van der Waals surface area contributed by atoms with Crippen LogP contribution in [0.3, 0.4) is 0 Å². The van der Waals surface area contributed by atoms with E-state index in [9.17, 15) is 4.79 Å². The number of anilines is 1. The van der Waals surface area contributed by atoms with Crippen molar-refractivity contribution in [1.82, 2.24) is 15.1 Å². The Bertz CT molecular complexity index is 641. The van der Waals surface area contributed by atoms with E-state index in [1.54, 1.807) is 4.68 Å². The molecule has 1 N–H and O–H groups in total. The first-order valence-electron chi connectivity index (χ1n) is 6.95. The molecule has 0 unspecified atom stereocenters. The minimum Gasteiger partial charge on any atom is -0.378 e. The van der Waals surface area contributed by atoms with Crippen LogP contribution in [0.1, 0.15) is 27.3 Å². The van der Waals surface area contributed by atoms with Crippen LogP contribution >= 0.6 is 0 Å². The largest absolute Gasteiger partial charge is 0.378 e. The molecule has 21 heavy (non-hydrogen) atoms. The Morgan fingerprint density at radius 2 is 1.86 bits per heavy atom. The molecule has 5 heteroatoms. The highest BCUT2D eigenvalue weighted by Gasteiger charge is 2.16. The highest BCUT2D eigenvalue weighted by atomic mass is 16.1. The van der Waals surface area contributed by atoms with E-state index >= 15 is 0 Å². The van der Waals surface area contributed by atoms with E-state index in [2.05, 4.69) is 10.4 Å². The van der Waals surface area contributed by atoms with Gasteiger partial charge in [0.1, 0.15) is 0 Å². The second kappa shape index (κ2) is 5.99. The summed E-state index contributed by atoms with van der Waals surface area (Å²) in [5.74, 6) is -0.0743. The molecule has 2 rings (SSSR count). The van der Waals surface area contributed by atoms with Gasteiger partial charge in [-0.2, -0.15) is 5.10 Å². The Hall–Kier alpha value is -2.30. The van der Waals surface area contributed by atoms with Crippen LogP contribution in [-0.4, -0.2) is 29.8 Å². The number of amides is 1. The van der Waals surface area contributed by atoms with Crippen molar-refractivity contribution in [2.75, 3.05) is 19.0 Å². The molecule has 0 spiro atoms. The molecule has 0 bridgehead atoms. The predicted octanol–water partition coefficient (Wildman–Crippen LogP) is 2.03. The molecule has 1 aromatic heterocycles. The Kier molecular flexibility index (Phi) is 4.31. The third-order valence-electron chi connectivity index (χ3n) is 3.64. The first-order chi connectivity index (χ1) is 9.90. The van der Waals surface area contributed by atoms with E-state index in [4.69, 9.17) is 0 Å². The highest BCUT2D eigenvalue weighted by molar-refractivity contribution is 5.96. The van der Waals surface area contributed by atoms with Crippen LogP contribution < -0.4 is 10.2 Å². The van der Waals surface area contributed by atoms with E-state index in [-0.39, 0.29) is 5.91 Å². The maximum atomic E-state index is 12.3. The summed E-state index contributed by atoms with van der Waals surface area (Å²) in [4.78, 5) is 14.3. The third-order valence-corrected chi connectivity index (χ3v) is 3.64. The summed E-state index contributed by atoms with van der Waals surface area (Å²) in [6.45, 7) is 4.27. The van der Waals surface area contributed by atoms with Crippen molar-refractivity contribution in [3.05, 3.63) is 46.8 Å². The van der Waals surface area contributed by atoms with Gasteiger partial charge in [-0.25, -0.2) is 0 Å². The van der Waals surface area contributed by atoms with Gasteiger partial charge >= 0.3 is 0 Å². The molecule has 5 nitrogen and oxygen atoms in total. The second-order valence-corrected chi connectivity index (χ2v) is 5.41. The Morgan fingerprint density at radius 1 is 1.24 bits per heavy atom. The number of nitrogens with zero attached hydrogens (tertiary/aromatic N) is 3. The fraction of sp³-hybridized carbons (Fsp3) is 0.375. The van der Waals surface area contributed by atoms with Crippen molar-refractivity contribution >= 4 is 11.6 Å². The lowest BCUT2D eigenvalue weighted by Crippen LogP contribution is -2.24. The zero-order valence-electron chi connectivity index (χ0n) is 13.3. The molecule has 1 heterocycles. The monoisotopic (exact) mass is 286 g/mol. The van der Waals surface area contributed by atoms with Crippen LogP contribution in [0.4, 0.5) is 5.69 Å². The number of nitrogens with one attached hydrogen (secondary N) is 1. The van der Waals surface area contributed by atoms with Crippen molar-refractivity contribution < 1.29 is 4.79 Å². The van der Waals surface area contributed by atoms with Crippen LogP contribution in [0, 0.1) is 13.8 Å². The summed E-state index contributed by atoms with van der Waals surface area (Å²) in [5.41, 5.74) is 4.53. The molecular formula is C16H22N4O. The number of aryl methyl sites for hydroxylation is 2. The normalized spacial score (nSPS) is 10.5. The summed E-state index contributed by atoms with van der Waals surface area (Å²) in [6, 6.07) is 8.14. The number of carbonyl (C=O) groups is 1.